The minimum absolute atomic E-state index is 0.116. The summed E-state index contributed by atoms with van der Waals surface area (Å²) in [6, 6.07) is 4.60. The molecule has 4 heterocycles. The van der Waals surface area contributed by atoms with E-state index in [9.17, 15) is 13.2 Å². The molecule has 0 aromatic carbocycles. The molecule has 13 heteroatoms. The molecule has 0 radical (unpaired) electrons. The van der Waals surface area contributed by atoms with Gasteiger partial charge in [0.1, 0.15) is 10.3 Å². The maximum absolute atomic E-state index is 12.3. The average molecular weight is 502 g/mol. The van der Waals surface area contributed by atoms with E-state index in [-0.39, 0.29) is 10.3 Å². The molecule has 0 unspecified atom stereocenters. The summed E-state index contributed by atoms with van der Waals surface area (Å²) in [6.45, 7) is 6.27. The van der Waals surface area contributed by atoms with E-state index in [1.54, 1.807) is 18.3 Å². The third-order valence-corrected chi connectivity index (χ3v) is 6.62. The monoisotopic (exact) mass is 501 g/mol. The molecule has 0 aliphatic heterocycles. The van der Waals surface area contributed by atoms with Crippen LogP contribution >= 0.6 is 11.3 Å². The number of thiazole rings is 1. The normalized spacial score (nSPS) is 12.1. The number of amides is 2. The van der Waals surface area contributed by atoms with Crippen LogP contribution in [0.1, 0.15) is 32.5 Å². The van der Waals surface area contributed by atoms with E-state index in [2.05, 4.69) is 35.7 Å². The zero-order valence-electron chi connectivity index (χ0n) is 19.0. The topological polar surface area (TPSA) is 153 Å². The van der Waals surface area contributed by atoms with Gasteiger partial charge in [-0.25, -0.2) is 23.2 Å². The number of nitrogens with zero attached hydrogens (tertiary/aromatic N) is 5. The quantitative estimate of drug-likeness (QED) is 0.405. The Labute approximate surface area is 200 Å². The molecule has 11 nitrogen and oxygen atoms in total. The summed E-state index contributed by atoms with van der Waals surface area (Å²) >= 11 is 1.21. The summed E-state index contributed by atoms with van der Waals surface area (Å²) in [5.74, 6) is 1.07. The predicted octanol–water partition coefficient (Wildman–Crippen LogP) is 3.20. The molecular weight excluding hydrogens is 478 g/mol. The molecule has 4 rings (SSSR count). The van der Waals surface area contributed by atoms with Crippen LogP contribution in [0.5, 0.6) is 0 Å². The van der Waals surface area contributed by atoms with Crippen LogP contribution < -0.4 is 10.6 Å². The van der Waals surface area contributed by atoms with Crippen molar-refractivity contribution in [3.05, 3.63) is 42.3 Å². The Kier molecular flexibility index (Phi) is 6.32. The molecule has 0 spiro atoms. The maximum Gasteiger partial charge on any atom is 0.321 e. The molecule has 0 saturated carbocycles. The first kappa shape index (κ1) is 23.7. The molecule has 2 N–H and O–H groups in total. The van der Waals surface area contributed by atoms with Gasteiger partial charge in [-0.3, -0.25) is 10.3 Å². The van der Waals surface area contributed by atoms with E-state index in [1.165, 1.54) is 23.6 Å². The molecule has 34 heavy (non-hydrogen) atoms. The van der Waals surface area contributed by atoms with Crippen LogP contribution in [0.2, 0.25) is 0 Å². The average Bonchev–Trinajstić information content (AvgIpc) is 3.39. The fourth-order valence-corrected chi connectivity index (χ4v) is 4.31. The summed E-state index contributed by atoms with van der Waals surface area (Å²) in [6.07, 6.45) is 4.40. The first-order valence-electron chi connectivity index (χ1n) is 10.3. The number of nitrogens with one attached hydrogen (secondary N) is 2. The second-order valence-corrected chi connectivity index (χ2v) is 11.6. The zero-order valence-corrected chi connectivity index (χ0v) is 20.6. The first-order valence-corrected chi connectivity index (χ1v) is 13.0. The molecule has 0 aliphatic rings. The van der Waals surface area contributed by atoms with Crippen molar-refractivity contribution in [3.63, 3.8) is 0 Å². The molecule has 2 amide bonds. The van der Waals surface area contributed by atoms with Crippen molar-refractivity contribution in [2.75, 3.05) is 18.1 Å². The van der Waals surface area contributed by atoms with E-state index in [0.29, 0.717) is 51.4 Å². The molecule has 4 aromatic rings. The lowest BCUT2D eigenvalue weighted by atomic mass is 9.97. The zero-order chi connectivity index (χ0) is 24.5. The Hall–Kier alpha value is -3.45. The van der Waals surface area contributed by atoms with Gasteiger partial charge in [0, 0.05) is 42.6 Å². The van der Waals surface area contributed by atoms with E-state index in [4.69, 9.17) is 4.52 Å². The number of urea groups is 1. The second-order valence-electron chi connectivity index (χ2n) is 8.62. The lowest BCUT2D eigenvalue weighted by Gasteiger charge is -2.10. The van der Waals surface area contributed by atoms with Crippen LogP contribution in [0.25, 0.3) is 21.6 Å². The number of fused-ring (bicyclic) bond motifs is 1. The Bertz CT molecular complexity index is 1460. The first-order chi connectivity index (χ1) is 16.0. The second kappa shape index (κ2) is 9.06. The van der Waals surface area contributed by atoms with Crippen molar-refractivity contribution in [3.8, 4) is 11.3 Å². The van der Waals surface area contributed by atoms with Gasteiger partial charge in [0.2, 0.25) is 5.89 Å². The maximum atomic E-state index is 12.3. The van der Waals surface area contributed by atoms with Gasteiger partial charge in [0.25, 0.3) is 0 Å². The van der Waals surface area contributed by atoms with Crippen LogP contribution in [0.4, 0.5) is 9.93 Å². The van der Waals surface area contributed by atoms with Crippen molar-refractivity contribution >= 4 is 42.7 Å². The summed E-state index contributed by atoms with van der Waals surface area (Å²) in [5, 5.41) is 9.75. The summed E-state index contributed by atoms with van der Waals surface area (Å²) < 4.78 is 28.9. The van der Waals surface area contributed by atoms with Crippen LogP contribution in [0.3, 0.4) is 0 Å². The minimum Gasteiger partial charge on any atom is -0.339 e. The Balaban J connectivity index is 1.39. The van der Waals surface area contributed by atoms with Gasteiger partial charge in [-0.15, -0.1) is 0 Å². The molecule has 0 bridgehead atoms. The number of carbonyl (C=O) groups is 1. The van der Waals surface area contributed by atoms with Crippen LogP contribution in [0, 0.1) is 0 Å². The number of hydrogen-bond donors (Lipinski definition) is 2. The summed E-state index contributed by atoms with van der Waals surface area (Å²) in [7, 11) is -3.38. The number of carbonyl (C=O) groups excluding carboxylic acids is 1. The van der Waals surface area contributed by atoms with Gasteiger partial charge in [0.05, 0.1) is 10.6 Å². The third kappa shape index (κ3) is 5.54. The lowest BCUT2D eigenvalue weighted by Crippen LogP contribution is -2.30. The van der Waals surface area contributed by atoms with Gasteiger partial charge >= 0.3 is 6.03 Å². The fraction of sp³-hybridized carbons (Fsp3) is 0.333. The molecule has 0 atom stereocenters. The Morgan fingerprint density at radius 2 is 1.94 bits per heavy atom. The highest BCUT2D eigenvalue weighted by atomic mass is 32.2. The van der Waals surface area contributed by atoms with Crippen LogP contribution in [-0.2, 0) is 21.7 Å². The highest BCUT2D eigenvalue weighted by molar-refractivity contribution is 7.90. The lowest BCUT2D eigenvalue weighted by molar-refractivity contribution is 0.252. The summed E-state index contributed by atoms with van der Waals surface area (Å²) in [4.78, 5) is 30.2. The van der Waals surface area contributed by atoms with E-state index < -0.39 is 15.9 Å². The largest absolute Gasteiger partial charge is 0.339 e. The highest BCUT2D eigenvalue weighted by Gasteiger charge is 2.21. The van der Waals surface area contributed by atoms with Gasteiger partial charge < -0.3 is 9.84 Å². The summed E-state index contributed by atoms with van der Waals surface area (Å²) in [5.41, 5.74) is 1.50. The van der Waals surface area contributed by atoms with Gasteiger partial charge in [-0.2, -0.15) is 4.98 Å². The molecule has 4 aromatic heterocycles. The number of pyridine rings is 2. The number of rotatable bonds is 6. The van der Waals surface area contributed by atoms with Gasteiger partial charge in [-0.05, 0) is 18.2 Å². The van der Waals surface area contributed by atoms with Crippen molar-refractivity contribution in [1.29, 1.82) is 0 Å². The van der Waals surface area contributed by atoms with Gasteiger partial charge in [0.15, 0.2) is 20.8 Å². The smallest absolute Gasteiger partial charge is 0.321 e. The molecule has 0 fully saturated rings. The molecule has 178 valence electrons. The van der Waals surface area contributed by atoms with Crippen molar-refractivity contribution in [1.82, 2.24) is 30.4 Å². The molecule has 0 saturated heterocycles. The minimum atomic E-state index is -3.38. The van der Waals surface area contributed by atoms with E-state index >= 15 is 0 Å². The number of anilines is 1. The van der Waals surface area contributed by atoms with E-state index in [0.717, 1.165) is 6.26 Å². The SMILES string of the molecule is CC(C)(C)c1nc(CCNC(=O)Nc2nc3ccc(-c4cncc(S(C)(=O)=O)c4)nc3s2)no1. The van der Waals surface area contributed by atoms with Crippen LogP contribution in [-0.4, -0.2) is 52.3 Å². The van der Waals surface area contributed by atoms with E-state index in [1.807, 2.05) is 20.8 Å². The predicted molar refractivity (Wildman–Crippen MR) is 127 cm³/mol. The Morgan fingerprint density at radius 1 is 1.15 bits per heavy atom. The standard InChI is InChI=1S/C21H23N7O4S2/c1-21(2,3)18-26-16(28-32-18)7-8-23-19(29)27-20-25-15-6-5-14(24-17(15)33-20)12-9-13(11-22-10-12)34(4,30)31/h5-6,9-11H,7-8H2,1-4H3,(H2,23,25,27,29). The third-order valence-electron chi connectivity index (χ3n) is 4.66. The molecular formula is C21H23N7O4S2. The van der Waals surface area contributed by atoms with Crippen molar-refractivity contribution < 1.29 is 17.7 Å². The van der Waals surface area contributed by atoms with Crippen LogP contribution in [0.15, 0.2) is 40.0 Å². The molecule has 0 aliphatic carbocycles. The number of aromatic nitrogens is 5. The van der Waals surface area contributed by atoms with Crippen molar-refractivity contribution in [2.45, 2.75) is 37.5 Å². The van der Waals surface area contributed by atoms with Crippen molar-refractivity contribution in [2.24, 2.45) is 0 Å². The highest BCUT2D eigenvalue weighted by Crippen LogP contribution is 2.28. The Morgan fingerprint density at radius 3 is 2.65 bits per heavy atom. The fourth-order valence-electron chi connectivity index (χ4n) is 2.88. The number of hydrogen-bond acceptors (Lipinski definition) is 10. The van der Waals surface area contributed by atoms with Gasteiger partial charge in [-0.1, -0.05) is 37.3 Å². The number of sulfone groups is 1.